The first kappa shape index (κ1) is 36.4. The average molecular weight is 704 g/mol. The fraction of sp³-hybridized carbons (Fsp3) is 0.949. The summed E-state index contributed by atoms with van der Waals surface area (Å²) in [5.41, 5.74) is 11.6. The molecule has 1 aliphatic heterocycles. The Balaban J connectivity index is 0.820. The molecule has 0 spiro atoms. The summed E-state index contributed by atoms with van der Waals surface area (Å²) in [5.74, 6) is 5.81. The van der Waals surface area contributed by atoms with Crippen molar-refractivity contribution in [3.05, 3.63) is 0 Å². The number of amides is 2. The van der Waals surface area contributed by atoms with E-state index in [0.29, 0.717) is 60.8 Å². The minimum Gasteiger partial charge on any atom is -0.296 e. The van der Waals surface area contributed by atoms with Crippen LogP contribution in [0.4, 0.5) is 0 Å². The maximum atomic E-state index is 13.4. The van der Waals surface area contributed by atoms with Gasteiger partial charge in [-0.3, -0.25) is 35.0 Å². The Kier molecular flexibility index (Phi) is 13.1. The van der Waals surface area contributed by atoms with Gasteiger partial charge in [-0.1, -0.05) is 57.8 Å². The van der Waals surface area contributed by atoms with Gasteiger partial charge in [0, 0.05) is 36.3 Å². The molecular formula is C39H66ClN5O4. The highest BCUT2D eigenvalue weighted by Crippen LogP contribution is 2.48. The molecule has 0 aromatic rings. The van der Waals surface area contributed by atoms with Crippen molar-refractivity contribution in [2.45, 2.75) is 147 Å². The molecule has 4 N–H and O–H groups in total. The lowest BCUT2D eigenvalue weighted by molar-refractivity contribution is -0.142. The van der Waals surface area contributed by atoms with E-state index in [-0.39, 0.29) is 23.7 Å². The van der Waals surface area contributed by atoms with Crippen LogP contribution in [0.5, 0.6) is 0 Å². The predicted molar refractivity (Wildman–Crippen MR) is 191 cm³/mol. The number of rotatable bonds is 12. The predicted octanol–water partition coefficient (Wildman–Crippen LogP) is 6.82. The number of hydrogen-bond donors (Lipinski definition) is 4. The van der Waals surface area contributed by atoms with Gasteiger partial charge >= 0.3 is 0 Å². The summed E-state index contributed by atoms with van der Waals surface area (Å²) in [6.45, 7) is 2.24. The summed E-state index contributed by atoms with van der Waals surface area (Å²) in [7, 11) is 0. The maximum absolute atomic E-state index is 13.4. The molecular weight excluding hydrogens is 638 g/mol. The molecule has 1 saturated heterocycles. The van der Waals surface area contributed by atoms with Gasteiger partial charge in [-0.2, -0.15) is 0 Å². The van der Waals surface area contributed by atoms with Gasteiger partial charge < -0.3 is 0 Å². The fourth-order valence-electron chi connectivity index (χ4n) is 12.7. The second-order valence-electron chi connectivity index (χ2n) is 17.4. The van der Waals surface area contributed by atoms with Crippen molar-refractivity contribution >= 4 is 23.4 Å². The van der Waals surface area contributed by atoms with E-state index >= 15 is 0 Å². The summed E-state index contributed by atoms with van der Waals surface area (Å²) in [4.78, 5) is 41.2. The second-order valence-corrected chi connectivity index (χ2v) is 17.7. The standard InChI is InChI=1S/C39H66ClN5O4/c40-20-21-45-36-15-6-2-9-27(36)22-31-23-28(17-19-37(31)45)38(46)41-43-49-25-30-16-18-35(34-14-5-4-13-33(30)34)39(47)42-44-48-24-29-11-7-10-26-8-1-3-12-32(26)29/h26-37,43-44H,1-25H2,(H,41,46)(H,42,47). The van der Waals surface area contributed by atoms with E-state index in [4.69, 9.17) is 21.3 Å². The number of nitrogens with one attached hydrogen (secondary N) is 4. The van der Waals surface area contributed by atoms with Crippen LogP contribution in [-0.2, 0) is 19.3 Å². The molecule has 49 heavy (non-hydrogen) atoms. The number of fused-ring (bicyclic) bond motifs is 4. The van der Waals surface area contributed by atoms with Gasteiger partial charge in [0.25, 0.3) is 0 Å². The molecule has 12 atom stereocenters. The number of carbonyl (C=O) groups excluding carboxylic acids is 2. The highest BCUT2D eigenvalue weighted by atomic mass is 35.5. The zero-order valence-corrected chi connectivity index (χ0v) is 30.8. The number of hydrogen-bond acceptors (Lipinski definition) is 7. The van der Waals surface area contributed by atoms with Crippen LogP contribution < -0.4 is 22.0 Å². The first-order chi connectivity index (χ1) is 24.1. The number of halogens is 1. The van der Waals surface area contributed by atoms with Crippen LogP contribution in [0, 0.1) is 59.2 Å². The molecule has 7 aliphatic rings. The maximum Gasteiger partial charge on any atom is 0.239 e. The minimum atomic E-state index is 0.0156. The molecule has 1 heterocycles. The third-order valence-electron chi connectivity index (χ3n) is 15.0. The van der Waals surface area contributed by atoms with E-state index in [1.807, 2.05) is 0 Å². The van der Waals surface area contributed by atoms with Crippen molar-refractivity contribution in [1.82, 2.24) is 26.9 Å². The van der Waals surface area contributed by atoms with E-state index in [0.717, 1.165) is 69.2 Å². The molecule has 6 aliphatic carbocycles. The van der Waals surface area contributed by atoms with Crippen molar-refractivity contribution in [3.8, 4) is 0 Å². The van der Waals surface area contributed by atoms with Crippen molar-refractivity contribution < 1.29 is 19.3 Å². The van der Waals surface area contributed by atoms with E-state index < -0.39 is 0 Å². The van der Waals surface area contributed by atoms with Crippen LogP contribution in [0.3, 0.4) is 0 Å². The lowest BCUT2D eigenvalue weighted by Crippen LogP contribution is -2.58. The Hall–Kier alpha value is -0.970. The highest BCUT2D eigenvalue weighted by molar-refractivity contribution is 6.18. The van der Waals surface area contributed by atoms with Crippen LogP contribution in [0.1, 0.15) is 135 Å². The Morgan fingerprint density at radius 1 is 0.571 bits per heavy atom. The lowest BCUT2D eigenvalue weighted by Gasteiger charge is -2.54. The van der Waals surface area contributed by atoms with Crippen molar-refractivity contribution in [1.29, 1.82) is 0 Å². The van der Waals surface area contributed by atoms with Crippen molar-refractivity contribution in [2.24, 2.45) is 59.2 Å². The molecule has 10 heteroatoms. The molecule has 2 amide bonds. The monoisotopic (exact) mass is 703 g/mol. The Morgan fingerprint density at radius 3 is 2.00 bits per heavy atom. The Morgan fingerprint density at radius 2 is 1.20 bits per heavy atom. The molecule has 0 bridgehead atoms. The van der Waals surface area contributed by atoms with E-state index in [1.54, 1.807) is 0 Å². The van der Waals surface area contributed by atoms with Gasteiger partial charge in [0.2, 0.25) is 11.8 Å². The molecule has 7 fully saturated rings. The first-order valence-electron chi connectivity index (χ1n) is 20.8. The molecule has 0 aromatic carbocycles. The van der Waals surface area contributed by atoms with Crippen LogP contribution in [0.25, 0.3) is 0 Å². The number of hydrazine groups is 2. The number of likely N-dealkylation sites (tertiary alicyclic amines) is 1. The third kappa shape index (κ3) is 8.64. The average Bonchev–Trinajstić information content (AvgIpc) is 3.14. The van der Waals surface area contributed by atoms with Gasteiger partial charge in [0.15, 0.2) is 0 Å². The summed E-state index contributed by atoms with van der Waals surface area (Å²) >= 11 is 6.27. The van der Waals surface area contributed by atoms with Gasteiger partial charge in [0.05, 0.1) is 13.2 Å². The lowest BCUT2D eigenvalue weighted by atomic mass is 9.61. The van der Waals surface area contributed by atoms with E-state index in [1.165, 1.54) is 89.9 Å². The van der Waals surface area contributed by atoms with E-state index in [9.17, 15) is 9.59 Å². The number of piperidine rings is 1. The quantitative estimate of drug-likeness (QED) is 0.101. The van der Waals surface area contributed by atoms with Crippen LogP contribution in [0.15, 0.2) is 0 Å². The largest absolute Gasteiger partial charge is 0.296 e. The molecule has 6 saturated carbocycles. The zero-order chi connectivity index (χ0) is 33.6. The van der Waals surface area contributed by atoms with Crippen molar-refractivity contribution in [2.75, 3.05) is 25.6 Å². The fourth-order valence-corrected chi connectivity index (χ4v) is 12.9. The van der Waals surface area contributed by atoms with Crippen LogP contribution in [-0.4, -0.2) is 54.4 Å². The molecule has 278 valence electrons. The molecule has 9 nitrogen and oxygen atoms in total. The highest BCUT2D eigenvalue weighted by Gasteiger charge is 2.47. The summed E-state index contributed by atoms with van der Waals surface area (Å²) in [6.07, 6.45) is 25.6. The third-order valence-corrected chi connectivity index (χ3v) is 15.1. The van der Waals surface area contributed by atoms with Gasteiger partial charge in [-0.15, -0.1) is 22.8 Å². The minimum absolute atomic E-state index is 0.0156. The second kappa shape index (κ2) is 17.7. The number of nitrogens with zero attached hydrogens (tertiary/aromatic N) is 1. The molecule has 0 aromatic heterocycles. The Bertz CT molecular complexity index is 1080. The van der Waals surface area contributed by atoms with Gasteiger partial charge in [0.1, 0.15) is 0 Å². The Labute approximate surface area is 300 Å². The summed E-state index contributed by atoms with van der Waals surface area (Å²) in [6, 6.07) is 1.29. The first-order valence-corrected chi connectivity index (χ1v) is 21.3. The smallest absolute Gasteiger partial charge is 0.239 e. The van der Waals surface area contributed by atoms with Gasteiger partial charge in [-0.05, 0) is 124 Å². The van der Waals surface area contributed by atoms with E-state index in [2.05, 4.69) is 26.9 Å². The zero-order valence-electron chi connectivity index (χ0n) is 30.1. The summed E-state index contributed by atoms with van der Waals surface area (Å²) < 4.78 is 0. The van der Waals surface area contributed by atoms with Crippen LogP contribution >= 0.6 is 11.6 Å². The molecule has 0 radical (unpaired) electrons. The number of alkyl halides is 1. The topological polar surface area (TPSA) is 104 Å². The SMILES string of the molecule is O=C(NNOCC1CCC(C(=O)NNOCC2CCCC3CCCCC32)C2CCCCC12)C1CCC2C(C1)CC1CCCCC1N2CCCl. The molecule has 12 unspecified atom stereocenters. The van der Waals surface area contributed by atoms with Crippen molar-refractivity contribution in [3.63, 3.8) is 0 Å². The normalized spacial score (nSPS) is 41.0. The number of carbonyl (C=O) groups is 2. The molecule has 7 rings (SSSR count). The van der Waals surface area contributed by atoms with Crippen LogP contribution in [0.2, 0.25) is 0 Å². The van der Waals surface area contributed by atoms with Gasteiger partial charge in [-0.25, -0.2) is 0 Å². The summed E-state index contributed by atoms with van der Waals surface area (Å²) in [5, 5.41) is 0.